The van der Waals surface area contributed by atoms with Gasteiger partial charge in [-0.15, -0.1) is 0 Å². The van der Waals surface area contributed by atoms with Gasteiger partial charge in [0, 0.05) is 10.6 Å². The van der Waals surface area contributed by atoms with Gasteiger partial charge in [-0.05, 0) is 30.9 Å². The van der Waals surface area contributed by atoms with Gasteiger partial charge in [-0.1, -0.05) is 28.9 Å². The van der Waals surface area contributed by atoms with E-state index in [2.05, 4.69) is 5.16 Å². The van der Waals surface area contributed by atoms with Gasteiger partial charge in [-0.3, -0.25) is 0 Å². The standard InChI is InChI=1S/C10H10ClNO/c11-9-5-1-4-8-7(9)3-2-6-10(8)12-13/h1,4-5,13H,2-3,6H2. The van der Waals surface area contributed by atoms with Crippen LogP contribution in [0.3, 0.4) is 0 Å². The predicted molar refractivity (Wildman–Crippen MR) is 52.7 cm³/mol. The SMILES string of the molecule is ON=C1CCCc2c(Cl)cccc21. The maximum Gasteiger partial charge on any atom is 0.0871 e. The third kappa shape index (κ3) is 1.42. The lowest BCUT2D eigenvalue weighted by Gasteiger charge is -2.17. The molecule has 2 nitrogen and oxygen atoms in total. The molecule has 2 rings (SSSR count). The van der Waals surface area contributed by atoms with E-state index in [-0.39, 0.29) is 0 Å². The summed E-state index contributed by atoms with van der Waals surface area (Å²) in [5.41, 5.74) is 2.87. The maximum absolute atomic E-state index is 8.77. The summed E-state index contributed by atoms with van der Waals surface area (Å²) in [4.78, 5) is 0. The predicted octanol–water partition coefficient (Wildman–Crippen LogP) is 2.85. The summed E-state index contributed by atoms with van der Waals surface area (Å²) < 4.78 is 0. The lowest BCUT2D eigenvalue weighted by molar-refractivity contribution is 0.317. The molecule has 0 bridgehead atoms. The van der Waals surface area contributed by atoms with Gasteiger partial charge >= 0.3 is 0 Å². The molecule has 0 saturated carbocycles. The molecule has 0 atom stereocenters. The van der Waals surface area contributed by atoms with E-state index in [0.29, 0.717) is 0 Å². The minimum absolute atomic E-state index is 0.753. The van der Waals surface area contributed by atoms with Gasteiger partial charge in [0.15, 0.2) is 0 Å². The Labute approximate surface area is 81.8 Å². The molecule has 0 unspecified atom stereocenters. The fraction of sp³-hybridized carbons (Fsp3) is 0.300. The van der Waals surface area contributed by atoms with Crippen LogP contribution in [-0.2, 0) is 6.42 Å². The zero-order valence-electron chi connectivity index (χ0n) is 7.13. The average molecular weight is 196 g/mol. The molecule has 0 aliphatic heterocycles. The monoisotopic (exact) mass is 195 g/mol. The summed E-state index contributed by atoms with van der Waals surface area (Å²) in [6, 6.07) is 5.72. The molecular formula is C10H10ClNO. The molecule has 1 aliphatic carbocycles. The Morgan fingerprint density at radius 1 is 1.31 bits per heavy atom. The second-order valence-corrected chi connectivity index (χ2v) is 3.57. The van der Waals surface area contributed by atoms with Gasteiger partial charge in [-0.25, -0.2) is 0 Å². The molecular weight excluding hydrogens is 186 g/mol. The second kappa shape index (κ2) is 3.38. The van der Waals surface area contributed by atoms with E-state index in [1.54, 1.807) is 0 Å². The van der Waals surface area contributed by atoms with Gasteiger partial charge in [0.25, 0.3) is 0 Å². The number of fused-ring (bicyclic) bond motifs is 1. The van der Waals surface area contributed by atoms with Crippen molar-refractivity contribution >= 4 is 17.3 Å². The highest BCUT2D eigenvalue weighted by molar-refractivity contribution is 6.32. The Hall–Kier alpha value is -1.02. The molecule has 0 heterocycles. The topological polar surface area (TPSA) is 32.6 Å². The van der Waals surface area contributed by atoms with E-state index in [4.69, 9.17) is 16.8 Å². The number of hydrogen-bond donors (Lipinski definition) is 1. The van der Waals surface area contributed by atoms with Crippen LogP contribution in [0.15, 0.2) is 23.4 Å². The summed E-state index contributed by atoms with van der Waals surface area (Å²) in [6.45, 7) is 0. The first-order chi connectivity index (χ1) is 6.33. The first-order valence-electron chi connectivity index (χ1n) is 4.31. The maximum atomic E-state index is 8.77. The Morgan fingerprint density at radius 3 is 2.92 bits per heavy atom. The van der Waals surface area contributed by atoms with E-state index in [1.165, 1.54) is 0 Å². The zero-order chi connectivity index (χ0) is 9.26. The molecule has 0 radical (unpaired) electrons. The molecule has 68 valence electrons. The summed E-state index contributed by atoms with van der Waals surface area (Å²) in [5, 5.41) is 12.8. The van der Waals surface area contributed by atoms with E-state index in [1.807, 2.05) is 18.2 Å². The van der Waals surface area contributed by atoms with Crippen LogP contribution in [0.25, 0.3) is 0 Å². The van der Waals surface area contributed by atoms with Gasteiger partial charge < -0.3 is 5.21 Å². The number of benzene rings is 1. The van der Waals surface area contributed by atoms with Crippen LogP contribution in [0, 0.1) is 0 Å². The van der Waals surface area contributed by atoms with Gasteiger partial charge in [-0.2, -0.15) is 0 Å². The van der Waals surface area contributed by atoms with Crippen molar-refractivity contribution in [2.75, 3.05) is 0 Å². The Morgan fingerprint density at radius 2 is 2.15 bits per heavy atom. The third-order valence-corrected chi connectivity index (χ3v) is 2.74. The van der Waals surface area contributed by atoms with Crippen LogP contribution in [-0.4, -0.2) is 10.9 Å². The second-order valence-electron chi connectivity index (χ2n) is 3.17. The molecule has 1 aromatic carbocycles. The van der Waals surface area contributed by atoms with Crippen molar-refractivity contribution in [2.45, 2.75) is 19.3 Å². The highest BCUT2D eigenvalue weighted by Crippen LogP contribution is 2.27. The fourth-order valence-corrected chi connectivity index (χ4v) is 2.02. The summed E-state index contributed by atoms with van der Waals surface area (Å²) in [5.74, 6) is 0. The molecule has 3 heteroatoms. The number of hydrogen-bond acceptors (Lipinski definition) is 2. The molecule has 13 heavy (non-hydrogen) atoms. The van der Waals surface area contributed by atoms with Crippen LogP contribution in [0.5, 0.6) is 0 Å². The molecule has 1 aliphatic rings. The van der Waals surface area contributed by atoms with Crippen molar-refractivity contribution in [2.24, 2.45) is 5.16 Å². The molecule has 1 aromatic rings. The Bertz CT molecular complexity index is 360. The number of nitrogens with zero attached hydrogens (tertiary/aromatic N) is 1. The molecule has 0 amide bonds. The van der Waals surface area contributed by atoms with Crippen molar-refractivity contribution < 1.29 is 5.21 Å². The quantitative estimate of drug-likeness (QED) is 0.501. The largest absolute Gasteiger partial charge is 0.411 e. The molecule has 0 spiro atoms. The van der Waals surface area contributed by atoms with E-state index < -0.39 is 0 Å². The Balaban J connectivity index is 2.58. The zero-order valence-corrected chi connectivity index (χ0v) is 7.88. The molecule has 0 saturated heterocycles. The molecule has 0 aromatic heterocycles. The van der Waals surface area contributed by atoms with Gasteiger partial charge in [0.1, 0.15) is 0 Å². The number of halogens is 1. The van der Waals surface area contributed by atoms with Crippen LogP contribution >= 0.6 is 11.6 Å². The van der Waals surface area contributed by atoms with Crippen molar-refractivity contribution in [3.05, 3.63) is 34.3 Å². The van der Waals surface area contributed by atoms with Crippen LogP contribution in [0.1, 0.15) is 24.0 Å². The van der Waals surface area contributed by atoms with E-state index in [9.17, 15) is 0 Å². The summed E-state index contributed by atoms with van der Waals surface area (Å²) >= 11 is 6.03. The summed E-state index contributed by atoms with van der Waals surface area (Å²) in [7, 11) is 0. The van der Waals surface area contributed by atoms with E-state index >= 15 is 0 Å². The highest BCUT2D eigenvalue weighted by Gasteiger charge is 2.17. The van der Waals surface area contributed by atoms with Crippen molar-refractivity contribution in [1.82, 2.24) is 0 Å². The molecule has 0 fully saturated rings. The Kier molecular flexibility index (Phi) is 2.23. The first-order valence-corrected chi connectivity index (χ1v) is 4.69. The first kappa shape index (κ1) is 8.57. The van der Waals surface area contributed by atoms with Crippen LogP contribution < -0.4 is 0 Å². The lowest BCUT2D eigenvalue weighted by atomic mass is 9.90. The van der Waals surface area contributed by atoms with Crippen molar-refractivity contribution in [1.29, 1.82) is 0 Å². The van der Waals surface area contributed by atoms with Crippen molar-refractivity contribution in [3.8, 4) is 0 Å². The lowest BCUT2D eigenvalue weighted by Crippen LogP contribution is -2.12. The average Bonchev–Trinajstić information content (AvgIpc) is 2.18. The smallest absolute Gasteiger partial charge is 0.0871 e. The fourth-order valence-electron chi connectivity index (χ4n) is 1.75. The van der Waals surface area contributed by atoms with Gasteiger partial charge in [0.05, 0.1) is 5.71 Å². The highest BCUT2D eigenvalue weighted by atomic mass is 35.5. The number of oxime groups is 1. The van der Waals surface area contributed by atoms with Gasteiger partial charge in [0.2, 0.25) is 0 Å². The van der Waals surface area contributed by atoms with Crippen molar-refractivity contribution in [3.63, 3.8) is 0 Å². The third-order valence-electron chi connectivity index (χ3n) is 2.39. The van der Waals surface area contributed by atoms with Crippen LogP contribution in [0.4, 0.5) is 0 Å². The normalized spacial score (nSPS) is 18.7. The molecule has 1 N–H and O–H groups in total. The van der Waals surface area contributed by atoms with E-state index in [0.717, 1.165) is 41.1 Å². The minimum Gasteiger partial charge on any atom is -0.411 e. The summed E-state index contributed by atoms with van der Waals surface area (Å²) in [6.07, 6.45) is 2.83. The number of rotatable bonds is 0. The van der Waals surface area contributed by atoms with Crippen LogP contribution in [0.2, 0.25) is 5.02 Å². The minimum atomic E-state index is 0.753.